The molecule has 0 spiro atoms. The summed E-state index contributed by atoms with van der Waals surface area (Å²) in [7, 11) is 0. The molecule has 1 saturated heterocycles. The van der Waals surface area contributed by atoms with Gasteiger partial charge in [-0.15, -0.1) is 0 Å². The third kappa shape index (κ3) is 2.99. The summed E-state index contributed by atoms with van der Waals surface area (Å²) in [6.07, 6.45) is 1.67. The maximum Gasteiger partial charge on any atom is 0.166 e. The van der Waals surface area contributed by atoms with Crippen LogP contribution in [0, 0.1) is 6.92 Å². The summed E-state index contributed by atoms with van der Waals surface area (Å²) in [6.45, 7) is 4.74. The van der Waals surface area contributed by atoms with Gasteiger partial charge in [0.1, 0.15) is 23.8 Å². The normalized spacial score (nSPS) is 14.9. The summed E-state index contributed by atoms with van der Waals surface area (Å²) in [6, 6.07) is 7.29. The Morgan fingerprint density at radius 3 is 2.77 bits per heavy atom. The van der Waals surface area contributed by atoms with E-state index in [1.165, 1.54) is 0 Å². The molecule has 1 aliphatic heterocycles. The number of aromatic hydroxyl groups is 1. The highest BCUT2D eigenvalue weighted by Gasteiger charge is 2.18. The Balaban J connectivity index is 1.73. The molecule has 2 aromatic heterocycles. The summed E-state index contributed by atoms with van der Waals surface area (Å²) >= 11 is 0. The largest absolute Gasteiger partial charge is 0.505 e. The Morgan fingerprint density at radius 1 is 1.23 bits per heavy atom. The number of anilines is 1. The molecule has 3 heterocycles. The standard InChI is InChI=1S/C19H21FN4O2/c1-13-14(10-20)3-2-4-15(13)11-24-12-21-18-16(25)9-17(22-19(18)24)23-5-7-26-8-6-23/h2-4,9,12H,5-8,10-11H2,1H3,(H,22,25). The minimum Gasteiger partial charge on any atom is -0.505 e. The molecule has 1 aromatic carbocycles. The molecule has 0 unspecified atom stereocenters. The van der Waals surface area contributed by atoms with Crippen LogP contribution in [0.4, 0.5) is 10.2 Å². The van der Waals surface area contributed by atoms with E-state index in [4.69, 9.17) is 9.72 Å². The Labute approximate surface area is 150 Å². The van der Waals surface area contributed by atoms with Crippen molar-refractivity contribution in [3.05, 3.63) is 47.3 Å². The van der Waals surface area contributed by atoms with E-state index in [-0.39, 0.29) is 5.75 Å². The van der Waals surface area contributed by atoms with Gasteiger partial charge in [-0.3, -0.25) is 0 Å². The van der Waals surface area contributed by atoms with E-state index in [0.717, 1.165) is 24.2 Å². The molecule has 6 nitrogen and oxygen atoms in total. The highest BCUT2D eigenvalue weighted by atomic mass is 19.1. The van der Waals surface area contributed by atoms with E-state index in [1.54, 1.807) is 18.5 Å². The van der Waals surface area contributed by atoms with Crippen molar-refractivity contribution in [2.45, 2.75) is 20.1 Å². The SMILES string of the molecule is Cc1c(CF)cccc1Cn1cnc2c(O)cc(N3CCOCC3)nc21. The lowest BCUT2D eigenvalue weighted by atomic mass is 10.0. The van der Waals surface area contributed by atoms with Crippen LogP contribution in [0.5, 0.6) is 5.75 Å². The molecule has 1 N–H and O–H groups in total. The number of rotatable bonds is 4. The zero-order valence-electron chi connectivity index (χ0n) is 14.7. The second kappa shape index (κ2) is 6.92. The van der Waals surface area contributed by atoms with E-state index in [9.17, 15) is 9.50 Å². The first kappa shape index (κ1) is 16.8. The van der Waals surface area contributed by atoms with Crippen LogP contribution < -0.4 is 4.90 Å². The molecule has 0 atom stereocenters. The quantitative estimate of drug-likeness (QED) is 0.779. The number of hydrogen-bond donors (Lipinski definition) is 1. The van der Waals surface area contributed by atoms with Crippen LogP contribution in [0.3, 0.4) is 0 Å². The Bertz CT molecular complexity index is 935. The number of hydrogen-bond acceptors (Lipinski definition) is 5. The monoisotopic (exact) mass is 356 g/mol. The first-order valence-corrected chi connectivity index (χ1v) is 8.68. The van der Waals surface area contributed by atoms with E-state index >= 15 is 0 Å². The average Bonchev–Trinajstić information content (AvgIpc) is 3.07. The lowest BCUT2D eigenvalue weighted by Crippen LogP contribution is -2.36. The number of imidazole rings is 1. The molecule has 0 bridgehead atoms. The van der Waals surface area contributed by atoms with Crippen LogP contribution in [0.2, 0.25) is 0 Å². The number of ether oxygens (including phenoxy) is 1. The topological polar surface area (TPSA) is 63.4 Å². The van der Waals surface area contributed by atoms with E-state index in [1.807, 2.05) is 23.6 Å². The van der Waals surface area contributed by atoms with Gasteiger partial charge >= 0.3 is 0 Å². The van der Waals surface area contributed by atoms with Gasteiger partial charge in [0.2, 0.25) is 0 Å². The molecule has 0 amide bonds. The van der Waals surface area contributed by atoms with E-state index in [0.29, 0.717) is 42.3 Å². The highest BCUT2D eigenvalue weighted by molar-refractivity contribution is 5.80. The van der Waals surface area contributed by atoms with Crippen molar-refractivity contribution in [2.75, 3.05) is 31.2 Å². The zero-order chi connectivity index (χ0) is 18.1. The van der Waals surface area contributed by atoms with Gasteiger partial charge in [-0.25, -0.2) is 14.4 Å². The van der Waals surface area contributed by atoms with Crippen molar-refractivity contribution in [3.63, 3.8) is 0 Å². The van der Waals surface area contributed by atoms with Crippen molar-refractivity contribution < 1.29 is 14.2 Å². The number of benzene rings is 1. The maximum atomic E-state index is 13.1. The fraction of sp³-hybridized carbons (Fsp3) is 0.368. The van der Waals surface area contributed by atoms with E-state index in [2.05, 4.69) is 9.88 Å². The van der Waals surface area contributed by atoms with Crippen LogP contribution in [-0.4, -0.2) is 45.9 Å². The summed E-state index contributed by atoms with van der Waals surface area (Å²) < 4.78 is 20.4. The van der Waals surface area contributed by atoms with Gasteiger partial charge in [-0.2, -0.15) is 0 Å². The number of alkyl halides is 1. The van der Waals surface area contributed by atoms with Gasteiger partial charge < -0.3 is 19.3 Å². The van der Waals surface area contributed by atoms with Gasteiger partial charge in [-0.1, -0.05) is 18.2 Å². The fourth-order valence-corrected chi connectivity index (χ4v) is 3.31. The number of aromatic nitrogens is 3. The average molecular weight is 356 g/mol. The number of halogens is 1. The first-order chi connectivity index (χ1) is 12.7. The lowest BCUT2D eigenvalue weighted by molar-refractivity contribution is 0.122. The van der Waals surface area contributed by atoms with Gasteiger partial charge in [0.25, 0.3) is 0 Å². The summed E-state index contributed by atoms with van der Waals surface area (Å²) in [5, 5.41) is 10.4. The molecular formula is C19H21FN4O2. The third-order valence-corrected chi connectivity index (χ3v) is 4.92. The molecule has 7 heteroatoms. The molecule has 0 saturated carbocycles. The van der Waals surface area contributed by atoms with E-state index < -0.39 is 6.67 Å². The minimum atomic E-state index is -0.482. The fourth-order valence-electron chi connectivity index (χ4n) is 3.31. The molecular weight excluding hydrogens is 335 g/mol. The number of fused-ring (bicyclic) bond motifs is 1. The van der Waals surface area contributed by atoms with Crippen molar-refractivity contribution in [2.24, 2.45) is 0 Å². The Kier molecular flexibility index (Phi) is 4.46. The van der Waals surface area contributed by atoms with Crippen molar-refractivity contribution >= 4 is 17.0 Å². The zero-order valence-corrected chi connectivity index (χ0v) is 14.7. The van der Waals surface area contributed by atoms with Crippen LogP contribution in [-0.2, 0) is 18.0 Å². The number of nitrogens with zero attached hydrogens (tertiary/aromatic N) is 4. The summed E-state index contributed by atoms with van der Waals surface area (Å²) in [5.74, 6) is 0.832. The Morgan fingerprint density at radius 2 is 2.00 bits per heavy atom. The molecule has 26 heavy (non-hydrogen) atoms. The summed E-state index contributed by atoms with van der Waals surface area (Å²) in [4.78, 5) is 11.1. The second-order valence-electron chi connectivity index (χ2n) is 6.48. The van der Waals surface area contributed by atoms with Crippen LogP contribution >= 0.6 is 0 Å². The van der Waals surface area contributed by atoms with Gasteiger partial charge in [-0.05, 0) is 23.6 Å². The molecule has 0 radical (unpaired) electrons. The summed E-state index contributed by atoms with van der Waals surface area (Å²) in [5.41, 5.74) is 3.73. The van der Waals surface area contributed by atoms with Gasteiger partial charge in [0, 0.05) is 19.2 Å². The first-order valence-electron chi connectivity index (χ1n) is 8.68. The minimum absolute atomic E-state index is 0.115. The van der Waals surface area contributed by atoms with Crippen LogP contribution in [0.15, 0.2) is 30.6 Å². The number of morpholine rings is 1. The molecule has 136 valence electrons. The highest BCUT2D eigenvalue weighted by Crippen LogP contribution is 2.28. The third-order valence-electron chi connectivity index (χ3n) is 4.92. The van der Waals surface area contributed by atoms with Crippen LogP contribution in [0.1, 0.15) is 16.7 Å². The predicted octanol–water partition coefficient (Wildman–Crippen LogP) is 2.80. The second-order valence-corrected chi connectivity index (χ2v) is 6.48. The molecule has 1 aliphatic rings. The van der Waals surface area contributed by atoms with Crippen molar-refractivity contribution in [1.82, 2.24) is 14.5 Å². The smallest absolute Gasteiger partial charge is 0.166 e. The molecule has 3 aromatic rings. The Hall–Kier alpha value is -2.67. The lowest BCUT2D eigenvalue weighted by Gasteiger charge is -2.27. The molecule has 4 rings (SSSR count). The predicted molar refractivity (Wildman–Crippen MR) is 97.3 cm³/mol. The van der Waals surface area contributed by atoms with Gasteiger partial charge in [0.15, 0.2) is 5.65 Å². The number of pyridine rings is 1. The molecule has 0 aliphatic carbocycles. The maximum absolute atomic E-state index is 13.1. The van der Waals surface area contributed by atoms with Crippen molar-refractivity contribution in [1.29, 1.82) is 0 Å². The van der Waals surface area contributed by atoms with Crippen molar-refractivity contribution in [3.8, 4) is 5.75 Å². The van der Waals surface area contributed by atoms with Gasteiger partial charge in [0.05, 0.1) is 26.1 Å². The van der Waals surface area contributed by atoms with Crippen LogP contribution in [0.25, 0.3) is 11.2 Å². The molecule has 1 fully saturated rings.